The molecular weight excluding hydrogens is 454 g/mol. The lowest BCUT2D eigenvalue weighted by Crippen LogP contribution is -2.50. The Morgan fingerprint density at radius 1 is 1.00 bits per heavy atom. The monoisotopic (exact) mass is 468 g/mol. The van der Waals surface area contributed by atoms with Crippen molar-refractivity contribution in [2.24, 2.45) is 0 Å². The highest BCUT2D eigenvalue weighted by molar-refractivity contribution is 8.00. The van der Waals surface area contributed by atoms with Crippen LogP contribution in [0.1, 0.15) is 36.8 Å². The Morgan fingerprint density at radius 2 is 1.48 bits per heavy atom. The van der Waals surface area contributed by atoms with E-state index in [9.17, 15) is 8.42 Å². The fourth-order valence-electron chi connectivity index (χ4n) is 4.83. The Kier molecular flexibility index (Phi) is 4.18. The van der Waals surface area contributed by atoms with E-state index in [-0.39, 0.29) is 5.03 Å². The van der Waals surface area contributed by atoms with Gasteiger partial charge in [0, 0.05) is 23.0 Å². The molecule has 1 aromatic rings. The number of hydrogen-bond donors (Lipinski definition) is 0. The molecule has 0 aromatic heterocycles. The topological polar surface area (TPSA) is 52.6 Å². The number of ether oxygens (including phenoxy) is 2. The molecule has 3 aliphatic rings. The second-order valence-corrected chi connectivity index (χ2v) is 11.5. The molecule has 0 N–H and O–H groups in total. The van der Waals surface area contributed by atoms with Crippen LogP contribution in [0.25, 0.3) is 0 Å². The van der Waals surface area contributed by atoms with Crippen LogP contribution in [0.4, 0.5) is 0 Å². The van der Waals surface area contributed by atoms with Crippen LogP contribution in [0.2, 0.25) is 0 Å². The van der Waals surface area contributed by atoms with Crippen LogP contribution in [0.15, 0.2) is 32.7 Å². The van der Waals surface area contributed by atoms with Gasteiger partial charge in [-0.15, -0.1) is 11.6 Å². The number of methoxy groups -OCH3 is 2. The van der Waals surface area contributed by atoms with Crippen molar-refractivity contribution in [3.8, 4) is 11.5 Å². The molecular formula is C18H16Cl4O4S. The van der Waals surface area contributed by atoms with E-state index < -0.39 is 35.1 Å². The molecule has 4 rings (SSSR count). The van der Waals surface area contributed by atoms with Gasteiger partial charge in [-0.3, -0.25) is 0 Å². The lowest BCUT2D eigenvalue weighted by Gasteiger charge is -2.40. The predicted molar refractivity (Wildman–Crippen MR) is 108 cm³/mol. The Hall–Kier alpha value is -0.590. The van der Waals surface area contributed by atoms with Crippen molar-refractivity contribution in [2.75, 3.05) is 14.2 Å². The van der Waals surface area contributed by atoms with Crippen molar-refractivity contribution in [1.82, 2.24) is 0 Å². The van der Waals surface area contributed by atoms with Gasteiger partial charge < -0.3 is 9.47 Å². The molecule has 1 aliphatic heterocycles. The van der Waals surface area contributed by atoms with Crippen molar-refractivity contribution in [2.45, 2.75) is 34.8 Å². The first-order valence-electron chi connectivity index (χ1n) is 8.11. The average molecular weight is 470 g/mol. The number of halogens is 4. The van der Waals surface area contributed by atoms with Gasteiger partial charge in [0.05, 0.1) is 19.3 Å². The minimum absolute atomic E-state index is 0.150. The van der Waals surface area contributed by atoms with Crippen LogP contribution in [0.5, 0.6) is 11.5 Å². The molecule has 2 bridgehead atoms. The minimum Gasteiger partial charge on any atom is -0.496 e. The molecule has 27 heavy (non-hydrogen) atoms. The number of alkyl halides is 2. The standard InChI is InChI=1S/C18H16Cl4O4S/c1-7(2)10-13-11-8(25-3)5-6-9(26-4)12(11)14(10)18(22)17(13,21)15(19)16(20)27(18,23)24/h5-6,13-14H,1-4H3/t13-,14-,17-,18+/m1/s1. The van der Waals surface area contributed by atoms with Gasteiger partial charge >= 0.3 is 0 Å². The van der Waals surface area contributed by atoms with Crippen LogP contribution in [0.3, 0.4) is 0 Å². The molecule has 4 nitrogen and oxygen atoms in total. The molecule has 1 aromatic carbocycles. The molecule has 1 fully saturated rings. The van der Waals surface area contributed by atoms with E-state index in [1.807, 2.05) is 13.8 Å². The van der Waals surface area contributed by atoms with Gasteiger partial charge in [-0.05, 0) is 26.0 Å². The molecule has 0 amide bonds. The van der Waals surface area contributed by atoms with Crippen molar-refractivity contribution < 1.29 is 17.9 Å². The normalized spacial score (nSPS) is 35.3. The van der Waals surface area contributed by atoms with Gasteiger partial charge in [-0.25, -0.2) is 8.42 Å². The highest BCUT2D eigenvalue weighted by atomic mass is 35.5. The number of hydrogen-bond acceptors (Lipinski definition) is 4. The summed E-state index contributed by atoms with van der Waals surface area (Å²) >= 11 is 26.5. The smallest absolute Gasteiger partial charge is 0.213 e. The Labute approximate surface area is 177 Å². The van der Waals surface area contributed by atoms with Gasteiger partial charge in [0.15, 0.2) is 8.57 Å². The van der Waals surface area contributed by atoms with Gasteiger partial charge in [0.2, 0.25) is 9.84 Å². The van der Waals surface area contributed by atoms with E-state index in [0.717, 1.165) is 16.7 Å². The second kappa shape index (κ2) is 5.73. The van der Waals surface area contributed by atoms with Crippen molar-refractivity contribution in [3.63, 3.8) is 0 Å². The van der Waals surface area contributed by atoms with E-state index in [4.69, 9.17) is 55.9 Å². The highest BCUT2D eigenvalue weighted by Gasteiger charge is 2.82. The lowest BCUT2D eigenvalue weighted by molar-refractivity contribution is 0.385. The maximum Gasteiger partial charge on any atom is 0.213 e. The first-order chi connectivity index (χ1) is 12.5. The first-order valence-corrected chi connectivity index (χ1v) is 11.1. The highest BCUT2D eigenvalue weighted by Crippen LogP contribution is 2.80. The van der Waals surface area contributed by atoms with Crippen molar-refractivity contribution in [1.29, 1.82) is 0 Å². The zero-order valence-corrected chi connectivity index (χ0v) is 18.7. The first kappa shape index (κ1) is 19.7. The molecule has 0 radical (unpaired) electrons. The van der Waals surface area contributed by atoms with E-state index in [1.54, 1.807) is 19.2 Å². The van der Waals surface area contributed by atoms with Gasteiger partial charge in [0.25, 0.3) is 0 Å². The van der Waals surface area contributed by atoms with Gasteiger partial charge in [-0.1, -0.05) is 45.9 Å². The van der Waals surface area contributed by atoms with E-state index >= 15 is 0 Å². The van der Waals surface area contributed by atoms with Crippen LogP contribution in [0, 0.1) is 0 Å². The Morgan fingerprint density at radius 3 is 1.93 bits per heavy atom. The molecule has 9 heteroatoms. The third-order valence-corrected chi connectivity index (χ3v) is 11.5. The summed E-state index contributed by atoms with van der Waals surface area (Å²) in [6.45, 7) is 3.79. The lowest BCUT2D eigenvalue weighted by atomic mass is 9.81. The molecule has 2 aliphatic carbocycles. The number of sulfone groups is 1. The third kappa shape index (κ3) is 1.87. The zero-order chi connectivity index (χ0) is 20.1. The van der Waals surface area contributed by atoms with E-state index in [0.29, 0.717) is 17.1 Å². The van der Waals surface area contributed by atoms with E-state index in [2.05, 4.69) is 0 Å². The minimum atomic E-state index is -4.18. The quantitative estimate of drug-likeness (QED) is 0.440. The van der Waals surface area contributed by atoms with Crippen LogP contribution < -0.4 is 9.47 Å². The van der Waals surface area contributed by atoms with Crippen LogP contribution in [-0.4, -0.2) is 31.7 Å². The molecule has 4 atom stereocenters. The second-order valence-electron chi connectivity index (χ2n) is 7.07. The molecule has 0 unspecified atom stereocenters. The molecule has 1 saturated carbocycles. The molecule has 1 heterocycles. The van der Waals surface area contributed by atoms with Gasteiger partial charge in [-0.2, -0.15) is 0 Å². The zero-order valence-electron chi connectivity index (χ0n) is 14.9. The Bertz CT molecular complexity index is 1060. The fourth-order valence-corrected chi connectivity index (χ4v) is 9.45. The number of fused-ring (bicyclic) bond motifs is 8. The summed E-state index contributed by atoms with van der Waals surface area (Å²) in [5.74, 6) is -0.280. The van der Waals surface area contributed by atoms with Gasteiger partial charge in [0.1, 0.15) is 16.4 Å². The third-order valence-electron chi connectivity index (χ3n) is 5.81. The number of rotatable bonds is 2. The van der Waals surface area contributed by atoms with Crippen LogP contribution in [-0.2, 0) is 9.84 Å². The largest absolute Gasteiger partial charge is 0.496 e. The summed E-state index contributed by atoms with van der Waals surface area (Å²) in [5.41, 5.74) is 3.12. The predicted octanol–water partition coefficient (Wildman–Crippen LogP) is 5.22. The molecule has 0 spiro atoms. The summed E-state index contributed by atoms with van der Waals surface area (Å²) in [6.07, 6.45) is 0. The summed E-state index contributed by atoms with van der Waals surface area (Å²) < 4.78 is 35.1. The van der Waals surface area contributed by atoms with E-state index in [1.165, 1.54) is 7.11 Å². The summed E-state index contributed by atoms with van der Waals surface area (Å²) in [7, 11) is -1.12. The van der Waals surface area contributed by atoms with Crippen LogP contribution >= 0.6 is 46.4 Å². The average Bonchev–Trinajstić information content (AvgIpc) is 3.13. The molecule has 0 saturated heterocycles. The Balaban J connectivity index is 2.23. The SMILES string of the molecule is COc1ccc(OC)c2c1[C@H]1C(=C(C)C)[C@H]2[C@@]2(Cl)C(Cl)=C(Cl)S(=O)(=O)[C@@]12Cl. The fraction of sp³-hybridized carbons (Fsp3) is 0.444. The maximum absolute atomic E-state index is 13.2. The summed E-state index contributed by atoms with van der Waals surface area (Å²) in [4.78, 5) is -1.63. The van der Waals surface area contributed by atoms with Crippen molar-refractivity contribution in [3.05, 3.63) is 43.8 Å². The molecule has 146 valence electrons. The number of allylic oxidation sites excluding steroid dienone is 3. The maximum atomic E-state index is 13.2. The number of benzene rings is 1. The summed E-state index contributed by atoms with van der Waals surface area (Å²) in [6, 6.07) is 3.50. The summed E-state index contributed by atoms with van der Waals surface area (Å²) in [5, 5.41) is -0.150. The van der Waals surface area contributed by atoms with Crippen molar-refractivity contribution >= 4 is 56.2 Å².